The van der Waals surface area contributed by atoms with Gasteiger partial charge in [0.2, 0.25) is 0 Å². The van der Waals surface area contributed by atoms with Gasteiger partial charge in [0.25, 0.3) is 5.92 Å². The molecule has 0 N–H and O–H groups in total. The summed E-state index contributed by atoms with van der Waals surface area (Å²) in [6.45, 7) is 0.806. The van der Waals surface area contributed by atoms with Crippen LogP contribution in [0.3, 0.4) is 0 Å². The second-order valence-electron chi connectivity index (χ2n) is 2.96. The molecule has 0 bridgehead atoms. The number of methoxy groups -OCH3 is 1. The van der Waals surface area contributed by atoms with Crippen LogP contribution in [0.4, 0.5) is 8.78 Å². The van der Waals surface area contributed by atoms with E-state index in [9.17, 15) is 13.6 Å². The summed E-state index contributed by atoms with van der Waals surface area (Å²) in [5, 5.41) is 0. The first kappa shape index (κ1) is 10.6. The summed E-state index contributed by atoms with van der Waals surface area (Å²) in [6, 6.07) is 5.07. The number of halogens is 2. The molecule has 0 saturated carbocycles. The number of rotatable bonds is 2. The molecule has 0 heterocycles. The number of carbonyl (C=O) groups is 1. The molecule has 1 aromatic rings. The molecule has 0 spiro atoms. The smallest absolute Gasteiger partial charge is 0.337 e. The summed E-state index contributed by atoms with van der Waals surface area (Å²) in [6.07, 6.45) is 0. The summed E-state index contributed by atoms with van der Waals surface area (Å²) >= 11 is 0. The predicted octanol–water partition coefficient (Wildman–Crippen LogP) is 2.58. The SMILES string of the molecule is COC(=O)c1ccc(C(C)(F)[18F])cc1. The highest BCUT2D eigenvalue weighted by atomic mass is 19.2. The number of alkyl halides is 2. The number of hydrogen-bond donors (Lipinski definition) is 0. The van der Waals surface area contributed by atoms with Gasteiger partial charge in [-0.3, -0.25) is 0 Å². The second kappa shape index (κ2) is 3.74. The van der Waals surface area contributed by atoms with E-state index in [1.54, 1.807) is 0 Å². The molecule has 1 rings (SSSR count). The number of benzene rings is 1. The van der Waals surface area contributed by atoms with E-state index in [1.165, 1.54) is 31.4 Å². The maximum atomic E-state index is 12.8. The zero-order chi connectivity index (χ0) is 10.8. The molecule has 0 aliphatic rings. The van der Waals surface area contributed by atoms with Crippen LogP contribution in [-0.2, 0) is 10.7 Å². The van der Waals surface area contributed by atoms with Gasteiger partial charge in [0.15, 0.2) is 0 Å². The zero-order valence-electron chi connectivity index (χ0n) is 7.88. The van der Waals surface area contributed by atoms with Crippen molar-refractivity contribution in [3.63, 3.8) is 0 Å². The van der Waals surface area contributed by atoms with E-state index in [-0.39, 0.29) is 11.1 Å². The predicted molar refractivity (Wildman–Crippen MR) is 47.3 cm³/mol. The van der Waals surface area contributed by atoms with Gasteiger partial charge in [0, 0.05) is 12.5 Å². The number of hydrogen-bond acceptors (Lipinski definition) is 2. The molecule has 2 nitrogen and oxygen atoms in total. The number of carbonyl (C=O) groups excluding carboxylic acids is 1. The Balaban J connectivity index is 2.95. The lowest BCUT2D eigenvalue weighted by Gasteiger charge is -2.10. The van der Waals surface area contributed by atoms with Crippen molar-refractivity contribution in [2.45, 2.75) is 12.8 Å². The van der Waals surface area contributed by atoms with E-state index in [2.05, 4.69) is 4.74 Å². The molecular weight excluding hydrogens is 189 g/mol. The fourth-order valence-corrected chi connectivity index (χ4v) is 1.02. The molecule has 0 radical (unpaired) electrons. The fourth-order valence-electron chi connectivity index (χ4n) is 1.02. The quantitative estimate of drug-likeness (QED) is 0.684. The minimum absolute atomic E-state index is 0.120. The van der Waals surface area contributed by atoms with Crippen molar-refractivity contribution in [2.24, 2.45) is 0 Å². The van der Waals surface area contributed by atoms with Gasteiger partial charge in [-0.2, -0.15) is 0 Å². The lowest BCUT2D eigenvalue weighted by atomic mass is 10.1. The minimum Gasteiger partial charge on any atom is -0.465 e. The highest BCUT2D eigenvalue weighted by molar-refractivity contribution is 5.89. The van der Waals surface area contributed by atoms with Crippen molar-refractivity contribution in [1.29, 1.82) is 0 Å². The van der Waals surface area contributed by atoms with Gasteiger partial charge in [-0.25, -0.2) is 13.6 Å². The third-order valence-corrected chi connectivity index (χ3v) is 1.81. The maximum absolute atomic E-state index is 12.8. The van der Waals surface area contributed by atoms with Crippen molar-refractivity contribution >= 4 is 5.97 Å². The van der Waals surface area contributed by atoms with Crippen LogP contribution >= 0.6 is 0 Å². The van der Waals surface area contributed by atoms with Gasteiger partial charge in [-0.15, -0.1) is 0 Å². The van der Waals surface area contributed by atoms with Crippen molar-refractivity contribution < 1.29 is 18.3 Å². The van der Waals surface area contributed by atoms with Crippen LogP contribution in [0, 0.1) is 0 Å². The van der Waals surface area contributed by atoms with Crippen molar-refractivity contribution in [1.82, 2.24) is 0 Å². The molecule has 1 aromatic carbocycles. The van der Waals surface area contributed by atoms with E-state index in [4.69, 9.17) is 0 Å². The monoisotopic (exact) mass is 199 g/mol. The summed E-state index contributed by atoms with van der Waals surface area (Å²) in [7, 11) is 1.24. The van der Waals surface area contributed by atoms with E-state index >= 15 is 0 Å². The van der Waals surface area contributed by atoms with Crippen molar-refractivity contribution in [2.75, 3.05) is 7.11 Å². The molecule has 0 aromatic heterocycles. The largest absolute Gasteiger partial charge is 0.465 e. The maximum Gasteiger partial charge on any atom is 0.337 e. The third-order valence-electron chi connectivity index (χ3n) is 1.81. The highest BCUT2D eigenvalue weighted by Gasteiger charge is 2.24. The Hall–Kier alpha value is -1.45. The van der Waals surface area contributed by atoms with E-state index in [1.807, 2.05) is 0 Å². The zero-order valence-corrected chi connectivity index (χ0v) is 7.88. The first-order chi connectivity index (χ1) is 6.45. The average molecular weight is 199 g/mol. The van der Waals surface area contributed by atoms with E-state index in [0.717, 1.165) is 6.92 Å². The Labute approximate surface area is 80.5 Å². The Morgan fingerprint density at radius 1 is 1.29 bits per heavy atom. The topological polar surface area (TPSA) is 26.3 Å². The van der Waals surface area contributed by atoms with Crippen molar-refractivity contribution in [3.05, 3.63) is 35.4 Å². The summed E-state index contributed by atoms with van der Waals surface area (Å²) in [5.74, 6) is -3.41. The summed E-state index contributed by atoms with van der Waals surface area (Å²) in [5.41, 5.74) is 0.144. The molecule has 0 fully saturated rings. The van der Waals surface area contributed by atoms with Gasteiger partial charge in [-0.1, -0.05) is 12.1 Å². The lowest BCUT2D eigenvalue weighted by molar-refractivity contribution is 0.0174. The molecule has 0 aliphatic heterocycles. The van der Waals surface area contributed by atoms with Gasteiger partial charge >= 0.3 is 5.97 Å². The summed E-state index contributed by atoms with van der Waals surface area (Å²) < 4.78 is 29.9. The Bertz CT molecular complexity index is 325. The molecule has 1 unspecified atom stereocenters. The third kappa shape index (κ3) is 2.28. The molecule has 76 valence electrons. The molecule has 1 atom stereocenters. The van der Waals surface area contributed by atoms with E-state index < -0.39 is 11.9 Å². The van der Waals surface area contributed by atoms with Crippen LogP contribution in [0.15, 0.2) is 24.3 Å². The molecule has 0 amide bonds. The molecular formula is C10H10F2O2. The van der Waals surface area contributed by atoms with Crippen molar-refractivity contribution in [3.8, 4) is 0 Å². The van der Waals surface area contributed by atoms with Crippen LogP contribution in [0.5, 0.6) is 0 Å². The normalized spacial score (nSPS) is 14.6. The van der Waals surface area contributed by atoms with Gasteiger partial charge in [0.1, 0.15) is 0 Å². The van der Waals surface area contributed by atoms with Crippen LogP contribution in [0.1, 0.15) is 22.8 Å². The van der Waals surface area contributed by atoms with Crippen LogP contribution in [0.25, 0.3) is 0 Å². The molecule has 0 saturated heterocycles. The minimum atomic E-state index is -2.88. The van der Waals surface area contributed by atoms with Crippen LogP contribution in [0.2, 0.25) is 0 Å². The first-order valence-corrected chi connectivity index (χ1v) is 4.02. The second-order valence-corrected chi connectivity index (χ2v) is 2.96. The number of ether oxygens (including phenoxy) is 1. The Kier molecular flexibility index (Phi) is 2.84. The summed E-state index contributed by atoms with van der Waals surface area (Å²) in [4.78, 5) is 11.0. The van der Waals surface area contributed by atoms with Crippen LogP contribution < -0.4 is 0 Å². The van der Waals surface area contributed by atoms with E-state index in [0.29, 0.717) is 0 Å². The highest BCUT2D eigenvalue weighted by Crippen LogP contribution is 2.26. The lowest BCUT2D eigenvalue weighted by Crippen LogP contribution is -2.08. The Morgan fingerprint density at radius 3 is 2.14 bits per heavy atom. The molecule has 4 heteroatoms. The van der Waals surface area contributed by atoms with Gasteiger partial charge in [0.05, 0.1) is 12.7 Å². The molecule has 0 aliphatic carbocycles. The molecule has 14 heavy (non-hydrogen) atoms. The average Bonchev–Trinajstić information content (AvgIpc) is 2.15. The first-order valence-electron chi connectivity index (χ1n) is 4.02. The number of esters is 1. The Morgan fingerprint density at radius 2 is 1.79 bits per heavy atom. The van der Waals surface area contributed by atoms with Gasteiger partial charge in [-0.05, 0) is 12.1 Å². The standard InChI is InChI=1S/C10H10F2O2/c1-10(11,12)8-5-3-7(4-6-8)9(13)14-2/h3-6H,1-2H3/i11-1. The fraction of sp³-hybridized carbons (Fsp3) is 0.300. The van der Waals surface area contributed by atoms with Gasteiger partial charge < -0.3 is 4.74 Å². The van der Waals surface area contributed by atoms with Crippen LogP contribution in [-0.4, -0.2) is 13.1 Å².